The molecule has 0 amide bonds. The first kappa shape index (κ1) is 17.5. The summed E-state index contributed by atoms with van der Waals surface area (Å²) in [6.07, 6.45) is 8.76. The molecule has 1 heterocycles. The van der Waals surface area contributed by atoms with Gasteiger partial charge in [-0.1, -0.05) is 52.4 Å². The van der Waals surface area contributed by atoms with Crippen LogP contribution in [0.3, 0.4) is 0 Å². The molecule has 0 aliphatic heterocycles. The molecule has 0 spiro atoms. The van der Waals surface area contributed by atoms with E-state index in [1.165, 1.54) is 32.1 Å². The molecule has 0 radical (unpaired) electrons. The predicted octanol–water partition coefficient (Wildman–Crippen LogP) is 4.05. The van der Waals surface area contributed by atoms with Gasteiger partial charge in [0.2, 0.25) is 5.82 Å². The SMILES string of the molecule is CCCCCCCCNc1c([N+](=O)[O-])c(CCC)nn1C. The first-order valence-corrected chi connectivity index (χ1v) is 8.05. The van der Waals surface area contributed by atoms with Gasteiger partial charge in [-0.3, -0.25) is 10.1 Å². The van der Waals surface area contributed by atoms with E-state index < -0.39 is 0 Å². The van der Waals surface area contributed by atoms with Gasteiger partial charge in [0.15, 0.2) is 0 Å². The number of hydrogen-bond acceptors (Lipinski definition) is 4. The highest BCUT2D eigenvalue weighted by Gasteiger charge is 2.25. The third-order valence-electron chi connectivity index (χ3n) is 3.58. The monoisotopic (exact) mass is 296 g/mol. The van der Waals surface area contributed by atoms with Gasteiger partial charge in [0.1, 0.15) is 5.69 Å². The molecule has 0 saturated carbocycles. The molecule has 1 N–H and O–H groups in total. The zero-order valence-corrected chi connectivity index (χ0v) is 13.5. The van der Waals surface area contributed by atoms with Crippen molar-refractivity contribution in [1.29, 1.82) is 0 Å². The van der Waals surface area contributed by atoms with Gasteiger partial charge in [0, 0.05) is 13.6 Å². The molecular formula is C15H28N4O2. The normalized spacial score (nSPS) is 10.8. The van der Waals surface area contributed by atoms with Crippen molar-refractivity contribution in [2.75, 3.05) is 11.9 Å². The van der Waals surface area contributed by atoms with Crippen molar-refractivity contribution in [1.82, 2.24) is 9.78 Å². The zero-order valence-electron chi connectivity index (χ0n) is 13.5. The molecule has 0 aromatic carbocycles. The Balaban J connectivity index is 2.52. The minimum absolute atomic E-state index is 0.144. The van der Waals surface area contributed by atoms with Crippen LogP contribution in [0.15, 0.2) is 0 Å². The number of unbranched alkanes of at least 4 members (excludes halogenated alkanes) is 5. The van der Waals surface area contributed by atoms with Crippen LogP contribution in [0.4, 0.5) is 11.5 Å². The number of aryl methyl sites for hydroxylation is 2. The van der Waals surface area contributed by atoms with E-state index in [1.54, 1.807) is 11.7 Å². The van der Waals surface area contributed by atoms with E-state index in [2.05, 4.69) is 17.3 Å². The molecule has 6 heteroatoms. The van der Waals surface area contributed by atoms with Crippen molar-refractivity contribution in [3.05, 3.63) is 15.8 Å². The molecule has 21 heavy (non-hydrogen) atoms. The minimum Gasteiger partial charge on any atom is -0.365 e. The summed E-state index contributed by atoms with van der Waals surface area (Å²) in [6.45, 7) is 4.97. The molecule has 0 bridgehead atoms. The van der Waals surface area contributed by atoms with E-state index in [1.807, 2.05) is 6.92 Å². The molecule has 1 rings (SSSR count). The van der Waals surface area contributed by atoms with Crippen molar-refractivity contribution in [3.8, 4) is 0 Å². The van der Waals surface area contributed by atoms with Gasteiger partial charge in [0.05, 0.1) is 4.92 Å². The minimum atomic E-state index is -0.318. The summed E-state index contributed by atoms with van der Waals surface area (Å²) in [5.74, 6) is 0.539. The molecule has 1 aromatic heterocycles. The van der Waals surface area contributed by atoms with Gasteiger partial charge in [0.25, 0.3) is 0 Å². The number of nitro groups is 1. The third-order valence-corrected chi connectivity index (χ3v) is 3.58. The van der Waals surface area contributed by atoms with Gasteiger partial charge in [-0.05, 0) is 12.8 Å². The number of anilines is 1. The van der Waals surface area contributed by atoms with Gasteiger partial charge < -0.3 is 5.32 Å². The van der Waals surface area contributed by atoms with Gasteiger partial charge >= 0.3 is 5.69 Å². The average molecular weight is 296 g/mol. The molecule has 0 fully saturated rings. The lowest BCUT2D eigenvalue weighted by molar-refractivity contribution is -0.384. The maximum atomic E-state index is 11.3. The summed E-state index contributed by atoms with van der Waals surface area (Å²) < 4.78 is 1.60. The Bertz CT molecular complexity index is 443. The van der Waals surface area contributed by atoms with Crippen molar-refractivity contribution < 1.29 is 4.92 Å². The van der Waals surface area contributed by atoms with Crippen molar-refractivity contribution >= 4 is 11.5 Å². The molecule has 0 saturated heterocycles. The topological polar surface area (TPSA) is 73.0 Å². The first-order valence-electron chi connectivity index (χ1n) is 8.05. The number of hydrogen-bond donors (Lipinski definition) is 1. The molecule has 0 atom stereocenters. The van der Waals surface area contributed by atoms with Crippen LogP contribution in [0.2, 0.25) is 0 Å². The molecule has 120 valence electrons. The highest BCUT2D eigenvalue weighted by atomic mass is 16.6. The van der Waals surface area contributed by atoms with E-state index in [0.29, 0.717) is 17.9 Å². The summed E-state index contributed by atoms with van der Waals surface area (Å²) in [7, 11) is 1.76. The van der Waals surface area contributed by atoms with Gasteiger partial charge in [-0.15, -0.1) is 0 Å². The molecule has 0 aliphatic carbocycles. The van der Waals surface area contributed by atoms with Crippen LogP contribution >= 0.6 is 0 Å². The third kappa shape index (κ3) is 5.36. The van der Waals surface area contributed by atoms with Crippen LogP contribution < -0.4 is 5.32 Å². The summed E-state index contributed by atoms with van der Waals surface area (Å²) in [4.78, 5) is 10.9. The van der Waals surface area contributed by atoms with Crippen molar-refractivity contribution in [3.63, 3.8) is 0 Å². The largest absolute Gasteiger partial charge is 0.365 e. The van der Waals surface area contributed by atoms with Crippen LogP contribution in [0, 0.1) is 10.1 Å². The molecule has 1 aromatic rings. The summed E-state index contributed by atoms with van der Waals surface area (Å²) >= 11 is 0. The second-order valence-electron chi connectivity index (χ2n) is 5.47. The second-order valence-corrected chi connectivity index (χ2v) is 5.47. The van der Waals surface area contributed by atoms with Crippen LogP contribution in [-0.2, 0) is 13.5 Å². The van der Waals surface area contributed by atoms with E-state index in [9.17, 15) is 10.1 Å². The Labute approximate surface area is 127 Å². The van der Waals surface area contributed by atoms with Crippen LogP contribution in [0.25, 0.3) is 0 Å². The quantitative estimate of drug-likeness (QED) is 0.380. The first-order chi connectivity index (χ1) is 10.1. The zero-order chi connectivity index (χ0) is 15.7. The molecule has 0 unspecified atom stereocenters. The lowest BCUT2D eigenvalue weighted by Gasteiger charge is -2.06. The number of aromatic nitrogens is 2. The maximum Gasteiger partial charge on any atom is 0.333 e. The van der Waals surface area contributed by atoms with E-state index in [0.717, 1.165) is 19.4 Å². The van der Waals surface area contributed by atoms with E-state index in [4.69, 9.17) is 0 Å². The molecular weight excluding hydrogens is 268 g/mol. The Morgan fingerprint density at radius 2 is 1.81 bits per heavy atom. The fraction of sp³-hybridized carbons (Fsp3) is 0.800. The lowest BCUT2D eigenvalue weighted by atomic mass is 10.1. The highest BCUT2D eigenvalue weighted by molar-refractivity contribution is 5.59. The summed E-state index contributed by atoms with van der Waals surface area (Å²) in [6, 6.07) is 0. The number of nitrogens with one attached hydrogen (secondary N) is 1. The van der Waals surface area contributed by atoms with E-state index >= 15 is 0 Å². The fourth-order valence-corrected chi connectivity index (χ4v) is 2.48. The van der Waals surface area contributed by atoms with E-state index in [-0.39, 0.29) is 10.6 Å². The number of nitrogens with zero attached hydrogens (tertiary/aromatic N) is 3. The molecule has 6 nitrogen and oxygen atoms in total. The van der Waals surface area contributed by atoms with Crippen molar-refractivity contribution in [2.45, 2.75) is 65.2 Å². The fourth-order valence-electron chi connectivity index (χ4n) is 2.48. The maximum absolute atomic E-state index is 11.3. The average Bonchev–Trinajstić information content (AvgIpc) is 2.74. The Kier molecular flexibility index (Phi) is 7.79. The number of rotatable bonds is 11. The van der Waals surface area contributed by atoms with Gasteiger partial charge in [-0.2, -0.15) is 5.10 Å². The predicted molar refractivity (Wildman–Crippen MR) is 85.7 cm³/mol. The summed E-state index contributed by atoms with van der Waals surface area (Å²) in [5, 5.41) is 18.7. The smallest absolute Gasteiger partial charge is 0.333 e. The second kappa shape index (κ2) is 9.37. The lowest BCUT2D eigenvalue weighted by Crippen LogP contribution is -2.08. The van der Waals surface area contributed by atoms with Crippen molar-refractivity contribution in [2.24, 2.45) is 7.05 Å². The standard InChI is InChI=1S/C15H28N4O2/c1-4-6-7-8-9-10-12-16-15-14(19(20)21)13(11-5-2)17-18(15)3/h16H,4-12H2,1-3H3. The summed E-state index contributed by atoms with van der Waals surface area (Å²) in [5.41, 5.74) is 0.723. The van der Waals surface area contributed by atoms with Gasteiger partial charge in [-0.25, -0.2) is 4.68 Å². The van der Waals surface area contributed by atoms with Crippen LogP contribution in [0.5, 0.6) is 0 Å². The highest BCUT2D eigenvalue weighted by Crippen LogP contribution is 2.28. The Morgan fingerprint density at radius 1 is 1.14 bits per heavy atom. The van der Waals surface area contributed by atoms with Crippen LogP contribution in [0.1, 0.15) is 64.5 Å². The van der Waals surface area contributed by atoms with Crippen LogP contribution in [-0.4, -0.2) is 21.2 Å². The Morgan fingerprint density at radius 3 is 2.43 bits per heavy atom. The Hall–Kier alpha value is -1.59. The molecule has 0 aliphatic rings.